The molecule has 0 aliphatic heterocycles. The third-order valence-electron chi connectivity index (χ3n) is 3.10. The molecule has 5 heteroatoms. The Bertz CT molecular complexity index is 604. The van der Waals surface area contributed by atoms with Crippen LogP contribution in [-0.2, 0) is 6.42 Å². The van der Waals surface area contributed by atoms with E-state index in [-0.39, 0.29) is 0 Å². The molecule has 2 rings (SSSR count). The Balaban J connectivity index is 1.87. The van der Waals surface area contributed by atoms with Gasteiger partial charge < -0.3 is 19.9 Å². The quantitative estimate of drug-likeness (QED) is 0.758. The van der Waals surface area contributed by atoms with Crippen LogP contribution in [0.1, 0.15) is 5.56 Å². The molecule has 0 fully saturated rings. The van der Waals surface area contributed by atoms with Gasteiger partial charge in [0.1, 0.15) is 19.0 Å². The number of para-hydroxylation sites is 1. The summed E-state index contributed by atoms with van der Waals surface area (Å²) in [6.45, 7) is 1.41. The molecule has 0 amide bonds. The Labute approximate surface area is 135 Å². The lowest BCUT2D eigenvalue weighted by Gasteiger charge is -2.13. The van der Waals surface area contributed by atoms with E-state index in [1.807, 2.05) is 36.4 Å². The molecule has 0 aliphatic carbocycles. The molecule has 0 aliphatic rings. The predicted octanol–water partition coefficient (Wildman–Crippen LogP) is 3.31. The van der Waals surface area contributed by atoms with E-state index >= 15 is 0 Å². The number of hydrogen-bond acceptors (Lipinski definition) is 4. The first-order valence-corrected chi connectivity index (χ1v) is 7.49. The second-order valence-electron chi connectivity index (χ2n) is 4.65. The lowest BCUT2D eigenvalue weighted by atomic mass is 10.1. The van der Waals surface area contributed by atoms with Crippen molar-refractivity contribution in [2.24, 2.45) is 5.73 Å². The van der Waals surface area contributed by atoms with Crippen molar-refractivity contribution in [3.05, 3.63) is 53.1 Å². The third-order valence-corrected chi connectivity index (χ3v) is 3.41. The van der Waals surface area contributed by atoms with Gasteiger partial charge >= 0.3 is 0 Å². The molecule has 2 aromatic carbocycles. The SMILES string of the molecule is COc1cc(CCN)ccc1OCCOc1ccccc1Cl. The van der Waals surface area contributed by atoms with Gasteiger partial charge in [-0.05, 0) is 42.8 Å². The van der Waals surface area contributed by atoms with E-state index in [0.717, 1.165) is 12.0 Å². The molecule has 2 aromatic rings. The molecule has 22 heavy (non-hydrogen) atoms. The van der Waals surface area contributed by atoms with Crippen LogP contribution in [0, 0.1) is 0 Å². The zero-order valence-electron chi connectivity index (χ0n) is 12.5. The van der Waals surface area contributed by atoms with Crippen LogP contribution in [0.2, 0.25) is 5.02 Å². The molecule has 0 saturated carbocycles. The van der Waals surface area contributed by atoms with Crippen molar-refractivity contribution in [3.8, 4) is 17.2 Å². The van der Waals surface area contributed by atoms with Gasteiger partial charge in [-0.3, -0.25) is 0 Å². The van der Waals surface area contributed by atoms with Crippen molar-refractivity contribution in [2.75, 3.05) is 26.9 Å². The van der Waals surface area contributed by atoms with E-state index in [0.29, 0.717) is 42.0 Å². The minimum Gasteiger partial charge on any atom is -0.493 e. The van der Waals surface area contributed by atoms with Gasteiger partial charge in [-0.2, -0.15) is 0 Å². The maximum atomic E-state index is 6.02. The van der Waals surface area contributed by atoms with Gasteiger partial charge in [0, 0.05) is 0 Å². The average molecular weight is 322 g/mol. The summed E-state index contributed by atoms with van der Waals surface area (Å²) >= 11 is 6.02. The summed E-state index contributed by atoms with van der Waals surface area (Å²) < 4.78 is 16.6. The Kier molecular flexibility index (Phi) is 6.37. The van der Waals surface area contributed by atoms with Gasteiger partial charge in [-0.25, -0.2) is 0 Å². The number of halogens is 1. The van der Waals surface area contributed by atoms with Crippen LogP contribution in [-0.4, -0.2) is 26.9 Å². The van der Waals surface area contributed by atoms with Gasteiger partial charge in [-0.1, -0.05) is 29.8 Å². The largest absolute Gasteiger partial charge is 0.493 e. The minimum atomic E-state index is 0.400. The van der Waals surface area contributed by atoms with Crippen LogP contribution in [0.4, 0.5) is 0 Å². The summed E-state index contributed by atoms with van der Waals surface area (Å²) in [7, 11) is 1.62. The van der Waals surface area contributed by atoms with Crippen LogP contribution >= 0.6 is 11.6 Å². The monoisotopic (exact) mass is 321 g/mol. The molecule has 0 heterocycles. The Morgan fingerprint density at radius 2 is 1.68 bits per heavy atom. The number of methoxy groups -OCH3 is 1. The van der Waals surface area contributed by atoms with Gasteiger partial charge in [0.15, 0.2) is 11.5 Å². The van der Waals surface area contributed by atoms with Crippen LogP contribution in [0.25, 0.3) is 0 Å². The first kappa shape index (κ1) is 16.5. The zero-order chi connectivity index (χ0) is 15.8. The maximum Gasteiger partial charge on any atom is 0.161 e. The highest BCUT2D eigenvalue weighted by atomic mass is 35.5. The van der Waals surface area contributed by atoms with Crippen molar-refractivity contribution in [2.45, 2.75) is 6.42 Å². The smallest absolute Gasteiger partial charge is 0.161 e. The summed E-state index contributed by atoms with van der Waals surface area (Å²) in [5.41, 5.74) is 6.68. The Morgan fingerprint density at radius 1 is 0.955 bits per heavy atom. The highest BCUT2D eigenvalue weighted by molar-refractivity contribution is 6.32. The molecule has 0 saturated heterocycles. The summed E-state index contributed by atoms with van der Waals surface area (Å²) in [4.78, 5) is 0. The van der Waals surface area contributed by atoms with E-state index in [9.17, 15) is 0 Å². The van der Waals surface area contributed by atoms with Crippen LogP contribution in [0.3, 0.4) is 0 Å². The van der Waals surface area contributed by atoms with E-state index < -0.39 is 0 Å². The topological polar surface area (TPSA) is 53.7 Å². The summed E-state index contributed by atoms with van der Waals surface area (Å²) in [5, 5.41) is 0.589. The van der Waals surface area contributed by atoms with E-state index in [1.54, 1.807) is 13.2 Å². The van der Waals surface area contributed by atoms with E-state index in [2.05, 4.69) is 0 Å². The summed E-state index contributed by atoms with van der Waals surface area (Å²) in [5.74, 6) is 2.03. The van der Waals surface area contributed by atoms with Crippen LogP contribution in [0.5, 0.6) is 17.2 Å². The molecule has 118 valence electrons. The van der Waals surface area contributed by atoms with Crippen LogP contribution < -0.4 is 19.9 Å². The fourth-order valence-corrected chi connectivity index (χ4v) is 2.21. The highest BCUT2D eigenvalue weighted by Crippen LogP contribution is 2.28. The number of hydrogen-bond donors (Lipinski definition) is 1. The molecule has 0 aromatic heterocycles. The van der Waals surface area contributed by atoms with Crippen molar-refractivity contribution in [3.63, 3.8) is 0 Å². The van der Waals surface area contributed by atoms with E-state index in [4.69, 9.17) is 31.5 Å². The predicted molar refractivity (Wildman–Crippen MR) is 88.2 cm³/mol. The number of ether oxygens (including phenoxy) is 3. The minimum absolute atomic E-state index is 0.400. The molecule has 0 radical (unpaired) electrons. The molecule has 0 atom stereocenters. The normalized spacial score (nSPS) is 10.3. The Hall–Kier alpha value is -1.91. The lowest BCUT2D eigenvalue weighted by Crippen LogP contribution is -2.10. The number of rotatable bonds is 8. The molecule has 4 nitrogen and oxygen atoms in total. The van der Waals surface area contributed by atoms with Gasteiger partial charge in [0.2, 0.25) is 0 Å². The summed E-state index contributed by atoms with van der Waals surface area (Å²) in [6.07, 6.45) is 0.812. The Morgan fingerprint density at radius 3 is 2.36 bits per heavy atom. The fourth-order valence-electron chi connectivity index (χ4n) is 2.02. The van der Waals surface area contributed by atoms with Crippen molar-refractivity contribution >= 4 is 11.6 Å². The molecule has 0 spiro atoms. The van der Waals surface area contributed by atoms with Gasteiger partial charge in [0.05, 0.1) is 12.1 Å². The lowest BCUT2D eigenvalue weighted by molar-refractivity contribution is 0.211. The van der Waals surface area contributed by atoms with Crippen molar-refractivity contribution in [1.29, 1.82) is 0 Å². The molecular formula is C17H20ClNO3. The second-order valence-corrected chi connectivity index (χ2v) is 5.06. The average Bonchev–Trinajstić information content (AvgIpc) is 2.54. The zero-order valence-corrected chi connectivity index (χ0v) is 13.3. The maximum absolute atomic E-state index is 6.02. The first-order valence-electron chi connectivity index (χ1n) is 7.11. The first-order chi connectivity index (χ1) is 10.7. The van der Waals surface area contributed by atoms with Gasteiger partial charge in [-0.15, -0.1) is 0 Å². The van der Waals surface area contributed by atoms with Crippen molar-refractivity contribution in [1.82, 2.24) is 0 Å². The van der Waals surface area contributed by atoms with Crippen LogP contribution in [0.15, 0.2) is 42.5 Å². The molecule has 2 N–H and O–H groups in total. The third kappa shape index (κ3) is 4.55. The molecular weight excluding hydrogens is 302 g/mol. The summed E-state index contributed by atoms with van der Waals surface area (Å²) in [6, 6.07) is 13.2. The molecule has 0 bridgehead atoms. The van der Waals surface area contributed by atoms with Gasteiger partial charge in [0.25, 0.3) is 0 Å². The van der Waals surface area contributed by atoms with Crippen molar-refractivity contribution < 1.29 is 14.2 Å². The van der Waals surface area contributed by atoms with E-state index in [1.165, 1.54) is 0 Å². The highest BCUT2D eigenvalue weighted by Gasteiger charge is 2.06. The number of benzene rings is 2. The standard InChI is InChI=1S/C17H20ClNO3/c1-20-17-12-13(8-9-19)6-7-16(17)22-11-10-21-15-5-3-2-4-14(15)18/h2-7,12H,8-11,19H2,1H3. The second kappa shape index (κ2) is 8.51. The fraction of sp³-hybridized carbons (Fsp3) is 0.294. The number of nitrogens with two attached hydrogens (primary N) is 1. The molecule has 0 unspecified atom stereocenters.